The Morgan fingerprint density at radius 2 is 2.25 bits per heavy atom. The van der Waals surface area contributed by atoms with Gasteiger partial charge < -0.3 is 5.11 Å². The molecule has 2 unspecified atom stereocenters. The molecule has 1 aromatic carbocycles. The van der Waals surface area contributed by atoms with Gasteiger partial charge in [0.05, 0.1) is 0 Å². The van der Waals surface area contributed by atoms with Crippen LogP contribution in [0, 0.1) is 5.92 Å². The van der Waals surface area contributed by atoms with Crippen molar-refractivity contribution in [3.63, 3.8) is 0 Å². The number of aromatic hydroxyl groups is 1. The lowest BCUT2D eigenvalue weighted by Crippen LogP contribution is -2.24. The molecule has 0 aromatic heterocycles. The van der Waals surface area contributed by atoms with Crippen molar-refractivity contribution in [1.82, 2.24) is 4.90 Å². The van der Waals surface area contributed by atoms with E-state index in [0.717, 1.165) is 29.0 Å². The first-order valence-corrected chi connectivity index (χ1v) is 6.59. The molecule has 1 fully saturated rings. The van der Waals surface area contributed by atoms with Gasteiger partial charge in [0.15, 0.2) is 0 Å². The maximum absolute atomic E-state index is 9.88. The molecule has 2 rings (SSSR count). The van der Waals surface area contributed by atoms with Crippen molar-refractivity contribution in [3.8, 4) is 5.75 Å². The number of likely N-dealkylation sites (tertiary alicyclic amines) is 1. The van der Waals surface area contributed by atoms with Crippen LogP contribution in [0.3, 0.4) is 0 Å². The van der Waals surface area contributed by atoms with Crippen LogP contribution in [-0.2, 0) is 0 Å². The number of benzene rings is 1. The molecule has 0 spiro atoms. The Morgan fingerprint density at radius 3 is 2.88 bits per heavy atom. The van der Waals surface area contributed by atoms with E-state index in [1.54, 1.807) is 6.07 Å². The van der Waals surface area contributed by atoms with Crippen molar-refractivity contribution < 1.29 is 5.11 Å². The molecule has 0 amide bonds. The van der Waals surface area contributed by atoms with Crippen molar-refractivity contribution in [2.75, 3.05) is 13.1 Å². The van der Waals surface area contributed by atoms with Gasteiger partial charge in [-0.1, -0.05) is 22.9 Å². The van der Waals surface area contributed by atoms with E-state index < -0.39 is 0 Å². The molecule has 1 heterocycles. The number of rotatable bonds is 2. The van der Waals surface area contributed by atoms with E-state index in [0.29, 0.717) is 11.8 Å². The normalized spacial score (nSPS) is 23.6. The summed E-state index contributed by atoms with van der Waals surface area (Å²) in [5, 5.41) is 9.88. The Morgan fingerprint density at radius 1 is 1.50 bits per heavy atom. The van der Waals surface area contributed by atoms with E-state index in [1.165, 1.54) is 6.42 Å². The standard InChI is InChI=1S/C13H18BrNO/c1-9-5-6-15(8-9)10(2)12-7-11(14)3-4-13(12)16/h3-4,7,9-10,16H,5-6,8H2,1-2H3. The zero-order valence-electron chi connectivity index (χ0n) is 9.78. The number of phenolic OH excluding ortho intramolecular Hbond substituents is 1. The van der Waals surface area contributed by atoms with Gasteiger partial charge in [0, 0.05) is 22.6 Å². The molecule has 0 bridgehead atoms. The molecule has 88 valence electrons. The summed E-state index contributed by atoms with van der Waals surface area (Å²) in [7, 11) is 0. The quantitative estimate of drug-likeness (QED) is 0.897. The second-order valence-corrected chi connectivity index (χ2v) is 5.68. The second-order valence-electron chi connectivity index (χ2n) is 4.77. The maximum Gasteiger partial charge on any atom is 0.120 e. The Kier molecular flexibility index (Phi) is 3.55. The van der Waals surface area contributed by atoms with Crippen molar-refractivity contribution >= 4 is 15.9 Å². The third-order valence-electron chi connectivity index (χ3n) is 3.44. The lowest BCUT2D eigenvalue weighted by Gasteiger charge is -2.25. The minimum atomic E-state index is 0.294. The molecular weight excluding hydrogens is 266 g/mol. The largest absolute Gasteiger partial charge is 0.508 e. The molecule has 16 heavy (non-hydrogen) atoms. The van der Waals surface area contributed by atoms with Gasteiger partial charge in [0.2, 0.25) is 0 Å². The summed E-state index contributed by atoms with van der Waals surface area (Å²) >= 11 is 3.46. The van der Waals surface area contributed by atoms with Crippen LogP contribution in [0.25, 0.3) is 0 Å². The Hall–Kier alpha value is -0.540. The lowest BCUT2D eigenvalue weighted by atomic mass is 10.1. The Labute approximate surface area is 105 Å². The number of nitrogens with zero attached hydrogens (tertiary/aromatic N) is 1. The number of hydrogen-bond acceptors (Lipinski definition) is 2. The first-order chi connectivity index (χ1) is 7.58. The molecule has 2 atom stereocenters. The van der Waals surface area contributed by atoms with Crippen molar-refractivity contribution in [2.24, 2.45) is 5.92 Å². The van der Waals surface area contributed by atoms with E-state index in [9.17, 15) is 5.11 Å². The van der Waals surface area contributed by atoms with Crippen LogP contribution in [0.4, 0.5) is 0 Å². The summed E-state index contributed by atoms with van der Waals surface area (Å²) < 4.78 is 1.03. The highest BCUT2D eigenvalue weighted by Crippen LogP contribution is 2.33. The molecule has 0 saturated carbocycles. The molecule has 0 aliphatic carbocycles. The van der Waals surface area contributed by atoms with E-state index in [1.807, 2.05) is 12.1 Å². The van der Waals surface area contributed by atoms with E-state index in [-0.39, 0.29) is 0 Å². The summed E-state index contributed by atoms with van der Waals surface area (Å²) in [6, 6.07) is 5.94. The summed E-state index contributed by atoms with van der Waals surface area (Å²) in [5.41, 5.74) is 1.02. The third-order valence-corrected chi connectivity index (χ3v) is 3.94. The third kappa shape index (κ3) is 2.41. The Balaban J connectivity index is 2.20. The maximum atomic E-state index is 9.88. The zero-order valence-corrected chi connectivity index (χ0v) is 11.4. The zero-order chi connectivity index (χ0) is 11.7. The molecule has 1 N–H and O–H groups in total. The number of halogens is 1. The first kappa shape index (κ1) is 11.9. The van der Waals surface area contributed by atoms with Crippen LogP contribution in [0.5, 0.6) is 5.75 Å². The fourth-order valence-electron chi connectivity index (χ4n) is 2.38. The van der Waals surface area contributed by atoms with Gasteiger partial charge in [-0.3, -0.25) is 4.90 Å². The molecule has 2 nitrogen and oxygen atoms in total. The van der Waals surface area contributed by atoms with Gasteiger partial charge in [-0.2, -0.15) is 0 Å². The average molecular weight is 284 g/mol. The highest BCUT2D eigenvalue weighted by Gasteiger charge is 2.25. The van der Waals surface area contributed by atoms with Crippen LogP contribution in [0.1, 0.15) is 31.9 Å². The van der Waals surface area contributed by atoms with Crippen LogP contribution >= 0.6 is 15.9 Å². The van der Waals surface area contributed by atoms with E-state index >= 15 is 0 Å². The van der Waals surface area contributed by atoms with Crippen LogP contribution in [-0.4, -0.2) is 23.1 Å². The van der Waals surface area contributed by atoms with E-state index in [2.05, 4.69) is 34.7 Å². The predicted octanol–water partition coefficient (Wildman–Crippen LogP) is 3.56. The van der Waals surface area contributed by atoms with Crippen molar-refractivity contribution in [2.45, 2.75) is 26.3 Å². The summed E-state index contributed by atoms with van der Waals surface area (Å²) in [4.78, 5) is 2.44. The lowest BCUT2D eigenvalue weighted by molar-refractivity contribution is 0.250. The molecule has 3 heteroatoms. The molecule has 1 saturated heterocycles. The van der Waals surface area contributed by atoms with Gasteiger partial charge in [-0.25, -0.2) is 0 Å². The average Bonchev–Trinajstić information content (AvgIpc) is 2.67. The fraction of sp³-hybridized carbons (Fsp3) is 0.538. The SMILES string of the molecule is CC1CCN(C(C)c2cc(Br)ccc2O)C1. The topological polar surface area (TPSA) is 23.5 Å². The van der Waals surface area contributed by atoms with Crippen LogP contribution in [0.2, 0.25) is 0 Å². The molecule has 1 aliphatic rings. The highest BCUT2D eigenvalue weighted by atomic mass is 79.9. The van der Waals surface area contributed by atoms with Gasteiger partial charge in [0.1, 0.15) is 5.75 Å². The minimum absolute atomic E-state index is 0.294. The number of phenols is 1. The molecular formula is C13H18BrNO. The minimum Gasteiger partial charge on any atom is -0.508 e. The monoisotopic (exact) mass is 283 g/mol. The fourth-order valence-corrected chi connectivity index (χ4v) is 2.76. The Bertz CT molecular complexity index is 380. The molecule has 0 radical (unpaired) electrons. The van der Waals surface area contributed by atoms with Crippen molar-refractivity contribution in [3.05, 3.63) is 28.2 Å². The summed E-state index contributed by atoms with van der Waals surface area (Å²) in [6.45, 7) is 6.72. The summed E-state index contributed by atoms with van der Waals surface area (Å²) in [5.74, 6) is 1.17. The second kappa shape index (κ2) is 4.76. The van der Waals surface area contributed by atoms with Gasteiger partial charge in [-0.15, -0.1) is 0 Å². The van der Waals surface area contributed by atoms with Gasteiger partial charge >= 0.3 is 0 Å². The van der Waals surface area contributed by atoms with Gasteiger partial charge in [-0.05, 0) is 44.0 Å². The smallest absolute Gasteiger partial charge is 0.120 e. The van der Waals surface area contributed by atoms with Gasteiger partial charge in [0.25, 0.3) is 0 Å². The highest BCUT2D eigenvalue weighted by molar-refractivity contribution is 9.10. The summed E-state index contributed by atoms with van der Waals surface area (Å²) in [6.07, 6.45) is 1.26. The van der Waals surface area contributed by atoms with E-state index in [4.69, 9.17) is 0 Å². The molecule has 1 aliphatic heterocycles. The van der Waals surface area contributed by atoms with Crippen molar-refractivity contribution in [1.29, 1.82) is 0 Å². The van der Waals surface area contributed by atoms with Crippen LogP contribution in [0.15, 0.2) is 22.7 Å². The molecule has 1 aromatic rings. The first-order valence-electron chi connectivity index (χ1n) is 5.80. The number of hydrogen-bond donors (Lipinski definition) is 1. The van der Waals surface area contributed by atoms with Crippen LogP contribution < -0.4 is 0 Å². The predicted molar refractivity (Wildman–Crippen MR) is 69.6 cm³/mol.